The maximum absolute atomic E-state index is 14.7. The van der Waals surface area contributed by atoms with Crippen molar-refractivity contribution in [3.8, 4) is 5.75 Å². The number of benzene rings is 4. The van der Waals surface area contributed by atoms with E-state index in [2.05, 4.69) is 17.2 Å². The van der Waals surface area contributed by atoms with E-state index in [4.69, 9.17) is 9.47 Å². The van der Waals surface area contributed by atoms with Crippen LogP contribution in [-0.4, -0.2) is 53.6 Å². The molecule has 0 aliphatic carbocycles. The summed E-state index contributed by atoms with van der Waals surface area (Å²) in [6.07, 6.45) is 0.837. The maximum atomic E-state index is 14.7. The lowest BCUT2D eigenvalue weighted by atomic mass is 9.65. The third kappa shape index (κ3) is 4.90. The van der Waals surface area contributed by atoms with Crippen molar-refractivity contribution in [2.45, 2.75) is 29.6 Å². The summed E-state index contributed by atoms with van der Waals surface area (Å²) >= 11 is 0. The zero-order valence-corrected chi connectivity index (χ0v) is 25.6. The molecule has 7 rings (SSSR count). The number of hydrogen-bond donors (Lipinski definition) is 3. The smallest absolute Gasteiger partial charge is 0.324 e. The Morgan fingerprint density at radius 2 is 1.55 bits per heavy atom. The second-order valence-corrected chi connectivity index (χ2v) is 11.9. The molecule has 3 aliphatic heterocycles. The largest absolute Gasteiger partial charge is 0.491 e. The molecule has 6 unspecified atom stereocenters. The molecule has 9 nitrogen and oxygen atoms in total. The van der Waals surface area contributed by atoms with E-state index in [-0.39, 0.29) is 25.7 Å². The number of rotatable bonds is 9. The van der Waals surface area contributed by atoms with E-state index < -0.39 is 47.4 Å². The SMILES string of the molecule is C=CCNC(=O)C1C2C(=O)OC(c3ccccc3)C(c3ccccc3)N2C(c2ccc(OCCO)cc2)C12C(=O)Nc1ccccc12. The molecule has 2 saturated heterocycles. The number of nitrogens with zero attached hydrogens (tertiary/aromatic N) is 1. The van der Waals surface area contributed by atoms with Crippen LogP contribution in [0, 0.1) is 5.92 Å². The molecule has 0 saturated carbocycles. The third-order valence-electron chi connectivity index (χ3n) is 9.47. The molecule has 6 atom stereocenters. The number of para-hydroxylation sites is 1. The summed E-state index contributed by atoms with van der Waals surface area (Å²) in [5.41, 5.74) is 2.11. The Hall–Kier alpha value is -5.25. The summed E-state index contributed by atoms with van der Waals surface area (Å²) in [5, 5.41) is 15.3. The lowest BCUT2D eigenvalue weighted by molar-refractivity contribution is -0.178. The summed E-state index contributed by atoms with van der Waals surface area (Å²) in [6.45, 7) is 3.91. The Bertz CT molecular complexity index is 1800. The minimum absolute atomic E-state index is 0.128. The molecular weight excluding hydrogens is 594 g/mol. The molecule has 0 aromatic heterocycles. The van der Waals surface area contributed by atoms with Crippen molar-refractivity contribution in [3.63, 3.8) is 0 Å². The summed E-state index contributed by atoms with van der Waals surface area (Å²) in [4.78, 5) is 45.7. The summed E-state index contributed by atoms with van der Waals surface area (Å²) in [5.74, 6) is -2.00. The Labute approximate surface area is 272 Å². The molecule has 2 fully saturated rings. The Balaban J connectivity index is 1.52. The second kappa shape index (κ2) is 12.5. The van der Waals surface area contributed by atoms with Gasteiger partial charge in [-0.15, -0.1) is 6.58 Å². The number of carbonyl (C=O) groups excluding carboxylic acids is 3. The van der Waals surface area contributed by atoms with Gasteiger partial charge in [0.05, 0.1) is 24.6 Å². The van der Waals surface area contributed by atoms with E-state index in [1.54, 1.807) is 18.2 Å². The molecule has 0 radical (unpaired) electrons. The van der Waals surface area contributed by atoms with E-state index in [9.17, 15) is 19.5 Å². The van der Waals surface area contributed by atoms with Crippen molar-refractivity contribution < 1.29 is 29.0 Å². The number of hydrogen-bond acceptors (Lipinski definition) is 7. The van der Waals surface area contributed by atoms with Crippen molar-refractivity contribution in [2.75, 3.05) is 25.1 Å². The van der Waals surface area contributed by atoms with Crippen molar-refractivity contribution in [1.82, 2.24) is 10.2 Å². The number of carbonyl (C=O) groups is 3. The molecule has 2 amide bonds. The highest BCUT2D eigenvalue weighted by Crippen LogP contribution is 2.64. The number of cyclic esters (lactones) is 1. The molecular formula is C38H35N3O6. The van der Waals surface area contributed by atoms with Crippen LogP contribution in [0.1, 0.15) is 40.4 Å². The van der Waals surface area contributed by atoms with E-state index in [0.717, 1.165) is 16.7 Å². The number of amides is 2. The maximum Gasteiger partial charge on any atom is 0.324 e. The van der Waals surface area contributed by atoms with Crippen molar-refractivity contribution >= 4 is 23.5 Å². The molecule has 3 heterocycles. The van der Waals surface area contributed by atoms with Gasteiger partial charge in [0.25, 0.3) is 0 Å². The first-order valence-electron chi connectivity index (χ1n) is 15.7. The van der Waals surface area contributed by atoms with Crippen LogP contribution in [0.2, 0.25) is 0 Å². The van der Waals surface area contributed by atoms with Crippen molar-refractivity contribution in [2.24, 2.45) is 5.92 Å². The summed E-state index contributed by atoms with van der Waals surface area (Å²) < 4.78 is 12.0. The molecule has 0 bridgehead atoms. The summed E-state index contributed by atoms with van der Waals surface area (Å²) in [7, 11) is 0. The van der Waals surface area contributed by atoms with Gasteiger partial charge in [-0.3, -0.25) is 19.3 Å². The predicted molar refractivity (Wildman–Crippen MR) is 175 cm³/mol. The van der Waals surface area contributed by atoms with Crippen LogP contribution in [0.15, 0.2) is 122 Å². The number of aliphatic hydroxyl groups is 1. The zero-order valence-electron chi connectivity index (χ0n) is 25.6. The third-order valence-corrected chi connectivity index (χ3v) is 9.47. The number of ether oxygens (including phenoxy) is 2. The van der Waals surface area contributed by atoms with Crippen LogP contribution in [0.4, 0.5) is 5.69 Å². The topological polar surface area (TPSA) is 117 Å². The van der Waals surface area contributed by atoms with Gasteiger partial charge in [-0.1, -0.05) is 97.1 Å². The van der Waals surface area contributed by atoms with E-state index in [1.807, 2.05) is 102 Å². The van der Waals surface area contributed by atoms with Gasteiger partial charge in [0.15, 0.2) is 0 Å². The van der Waals surface area contributed by atoms with Crippen LogP contribution in [-0.2, 0) is 24.5 Å². The van der Waals surface area contributed by atoms with Crippen LogP contribution in [0.25, 0.3) is 0 Å². The van der Waals surface area contributed by atoms with E-state index >= 15 is 0 Å². The summed E-state index contributed by atoms with van der Waals surface area (Å²) in [6, 6.07) is 31.5. The number of anilines is 1. The zero-order chi connectivity index (χ0) is 32.5. The van der Waals surface area contributed by atoms with E-state index in [0.29, 0.717) is 17.0 Å². The number of morpholine rings is 1. The Morgan fingerprint density at radius 1 is 0.894 bits per heavy atom. The lowest BCUT2D eigenvalue weighted by Crippen LogP contribution is -2.54. The molecule has 47 heavy (non-hydrogen) atoms. The fraction of sp³-hybridized carbons (Fsp3) is 0.237. The Morgan fingerprint density at radius 3 is 2.23 bits per heavy atom. The van der Waals surface area contributed by atoms with Crippen molar-refractivity contribution in [1.29, 1.82) is 0 Å². The number of nitrogens with one attached hydrogen (secondary N) is 2. The van der Waals surface area contributed by atoms with Gasteiger partial charge in [0, 0.05) is 12.2 Å². The molecule has 9 heteroatoms. The standard InChI is InChI=1S/C38H35N3O6/c1-2-21-39-35(43)30-32-36(44)47-33(25-13-7-4-8-14-25)31(24-11-5-3-6-12-24)41(32)34(26-17-19-27(20-18-26)46-23-22-42)38(30)28-15-9-10-16-29(28)40-37(38)45/h2-20,30-34,42H,1,21-23H2,(H,39,43)(H,40,45). The number of aliphatic hydroxyl groups excluding tert-OH is 1. The minimum Gasteiger partial charge on any atom is -0.491 e. The lowest BCUT2D eigenvalue weighted by Gasteiger charge is -2.46. The highest BCUT2D eigenvalue weighted by Gasteiger charge is 2.73. The monoisotopic (exact) mass is 629 g/mol. The second-order valence-electron chi connectivity index (χ2n) is 11.9. The average molecular weight is 630 g/mol. The predicted octanol–water partition coefficient (Wildman–Crippen LogP) is 4.63. The minimum atomic E-state index is -1.52. The molecule has 238 valence electrons. The Kier molecular flexibility index (Phi) is 8.09. The van der Waals surface area contributed by atoms with Gasteiger partial charge in [-0.05, 0) is 40.5 Å². The van der Waals surface area contributed by atoms with Gasteiger partial charge >= 0.3 is 5.97 Å². The molecule has 3 N–H and O–H groups in total. The quantitative estimate of drug-likeness (QED) is 0.183. The molecule has 3 aliphatic rings. The average Bonchev–Trinajstić information content (AvgIpc) is 3.59. The molecule has 1 spiro atoms. The van der Waals surface area contributed by atoms with Gasteiger partial charge in [0.1, 0.15) is 29.9 Å². The van der Waals surface area contributed by atoms with Gasteiger partial charge in [-0.2, -0.15) is 0 Å². The van der Waals surface area contributed by atoms with Crippen molar-refractivity contribution in [3.05, 3.63) is 144 Å². The van der Waals surface area contributed by atoms with Gasteiger partial charge in [-0.25, -0.2) is 0 Å². The number of fused-ring (bicyclic) bond motifs is 3. The highest BCUT2D eigenvalue weighted by atomic mass is 16.6. The van der Waals surface area contributed by atoms with Crippen LogP contribution >= 0.6 is 0 Å². The van der Waals surface area contributed by atoms with E-state index in [1.165, 1.54) is 0 Å². The highest BCUT2D eigenvalue weighted by molar-refractivity contribution is 6.12. The first-order chi connectivity index (χ1) is 23.0. The molecule has 4 aromatic carbocycles. The number of esters is 1. The van der Waals surface area contributed by atoms with Crippen LogP contribution < -0.4 is 15.4 Å². The normalized spacial score (nSPS) is 26.2. The van der Waals surface area contributed by atoms with Gasteiger partial charge in [0.2, 0.25) is 11.8 Å². The fourth-order valence-corrected chi connectivity index (χ4v) is 7.74. The first-order valence-corrected chi connectivity index (χ1v) is 15.7. The fourth-order valence-electron chi connectivity index (χ4n) is 7.74. The van der Waals surface area contributed by atoms with Crippen LogP contribution in [0.3, 0.4) is 0 Å². The van der Waals surface area contributed by atoms with Crippen LogP contribution in [0.5, 0.6) is 5.75 Å². The van der Waals surface area contributed by atoms with Gasteiger partial charge < -0.3 is 25.2 Å². The first kappa shape index (κ1) is 30.4. The molecule has 4 aromatic rings.